The maximum atomic E-state index is 13.4. The molecule has 6 aromatic rings. The number of phenols is 1. The van der Waals surface area contributed by atoms with Crippen molar-refractivity contribution in [2.24, 2.45) is 0 Å². The molecule has 2 heterocycles. The Labute approximate surface area is 229 Å². The predicted molar refractivity (Wildman–Crippen MR) is 154 cm³/mol. The molecule has 6 rings (SSSR count). The number of nitrogens with zero attached hydrogens (tertiary/aromatic N) is 4. The SMILES string of the molecule is Cc1ccc(C(=O)Nc2ncnc3c2ncn3-c2cc(C(=O)Nc3ccccc3C)c(O)c3ccccc23)cc1. The Morgan fingerprint density at radius 1 is 0.800 bits per heavy atom. The molecule has 3 N–H and O–H groups in total. The minimum Gasteiger partial charge on any atom is -0.506 e. The molecule has 0 fully saturated rings. The van der Waals surface area contributed by atoms with Crippen LogP contribution in [0.3, 0.4) is 0 Å². The van der Waals surface area contributed by atoms with Gasteiger partial charge in [0.2, 0.25) is 0 Å². The van der Waals surface area contributed by atoms with Gasteiger partial charge < -0.3 is 15.7 Å². The number of anilines is 2. The first-order valence-corrected chi connectivity index (χ1v) is 12.6. The summed E-state index contributed by atoms with van der Waals surface area (Å²) in [6, 6.07) is 23.5. The summed E-state index contributed by atoms with van der Waals surface area (Å²) in [5.41, 5.74) is 4.58. The number of nitrogens with one attached hydrogen (secondary N) is 2. The molecule has 0 radical (unpaired) electrons. The summed E-state index contributed by atoms with van der Waals surface area (Å²) >= 11 is 0. The highest BCUT2D eigenvalue weighted by atomic mass is 16.3. The third-order valence-electron chi connectivity index (χ3n) is 6.77. The number of carbonyl (C=O) groups excluding carboxylic acids is 2. The van der Waals surface area contributed by atoms with E-state index in [0.29, 0.717) is 38.9 Å². The van der Waals surface area contributed by atoms with Crippen LogP contribution in [-0.2, 0) is 0 Å². The average molecular weight is 529 g/mol. The highest BCUT2D eigenvalue weighted by molar-refractivity contribution is 6.12. The van der Waals surface area contributed by atoms with Crippen LogP contribution in [0.15, 0.2) is 91.5 Å². The predicted octanol–water partition coefficient (Wildman–Crippen LogP) is 5.80. The normalized spacial score (nSPS) is 11.1. The zero-order valence-electron chi connectivity index (χ0n) is 21.7. The van der Waals surface area contributed by atoms with Crippen molar-refractivity contribution in [2.45, 2.75) is 13.8 Å². The summed E-state index contributed by atoms with van der Waals surface area (Å²) in [6.07, 6.45) is 2.91. The minimum atomic E-state index is -0.455. The van der Waals surface area contributed by atoms with Gasteiger partial charge in [-0.05, 0) is 43.7 Å². The fourth-order valence-corrected chi connectivity index (χ4v) is 4.60. The molecule has 2 aromatic heterocycles. The topological polar surface area (TPSA) is 122 Å². The Hall–Kier alpha value is -5.57. The average Bonchev–Trinajstić information content (AvgIpc) is 3.40. The number of phenolic OH excluding ortho intramolecular Hbond substituents is 1. The van der Waals surface area contributed by atoms with Crippen molar-refractivity contribution in [1.29, 1.82) is 0 Å². The third kappa shape index (κ3) is 4.39. The molecule has 4 aromatic carbocycles. The van der Waals surface area contributed by atoms with Crippen LogP contribution < -0.4 is 10.6 Å². The number of aryl methyl sites for hydroxylation is 2. The molecule has 0 saturated carbocycles. The summed E-state index contributed by atoms with van der Waals surface area (Å²) in [7, 11) is 0. The number of aromatic nitrogens is 4. The number of rotatable bonds is 5. The maximum Gasteiger partial charge on any atom is 0.259 e. The molecule has 196 valence electrons. The van der Waals surface area contributed by atoms with Crippen LogP contribution in [0.5, 0.6) is 5.75 Å². The van der Waals surface area contributed by atoms with Gasteiger partial charge in [0, 0.05) is 22.0 Å². The lowest BCUT2D eigenvalue weighted by atomic mass is 10.0. The second kappa shape index (κ2) is 9.95. The number of hydrogen-bond acceptors (Lipinski definition) is 6. The fraction of sp³-hybridized carbons (Fsp3) is 0.0645. The standard InChI is InChI=1S/C31H24N6O3/c1-18-11-13-20(14-12-18)30(39)36-28-26-29(33-16-32-28)37(17-34-26)25-15-23(27(38)22-9-5-4-8-21(22)25)31(40)35-24-10-6-3-7-19(24)2/h3-17,38H,1-2H3,(H,35,40)(H,32,33,36,39). The van der Waals surface area contributed by atoms with Crippen molar-refractivity contribution < 1.29 is 14.7 Å². The number of imidazole rings is 1. The van der Waals surface area contributed by atoms with Gasteiger partial charge in [-0.25, -0.2) is 15.0 Å². The van der Waals surface area contributed by atoms with Crippen LogP contribution in [0.2, 0.25) is 0 Å². The van der Waals surface area contributed by atoms with Crippen molar-refractivity contribution in [3.8, 4) is 11.4 Å². The number of amides is 2. The lowest BCUT2D eigenvalue weighted by Crippen LogP contribution is -2.14. The highest BCUT2D eigenvalue weighted by Crippen LogP contribution is 2.35. The molecule has 0 bridgehead atoms. The summed E-state index contributed by atoms with van der Waals surface area (Å²) in [6.45, 7) is 3.85. The van der Waals surface area contributed by atoms with Crippen LogP contribution in [-0.4, -0.2) is 36.4 Å². The molecule has 0 saturated heterocycles. The molecule has 9 nitrogen and oxygen atoms in total. The van der Waals surface area contributed by atoms with E-state index in [4.69, 9.17) is 0 Å². The van der Waals surface area contributed by atoms with E-state index < -0.39 is 5.91 Å². The Kier molecular flexibility index (Phi) is 6.16. The number of hydrogen-bond donors (Lipinski definition) is 3. The molecule has 40 heavy (non-hydrogen) atoms. The summed E-state index contributed by atoms with van der Waals surface area (Å²) in [5, 5.41) is 18.0. The first-order chi connectivity index (χ1) is 19.4. The zero-order chi connectivity index (χ0) is 27.8. The highest BCUT2D eigenvalue weighted by Gasteiger charge is 2.21. The van der Waals surface area contributed by atoms with Gasteiger partial charge in [0.25, 0.3) is 11.8 Å². The molecule has 9 heteroatoms. The van der Waals surface area contributed by atoms with Gasteiger partial charge in [-0.15, -0.1) is 0 Å². The Balaban J connectivity index is 1.44. The van der Waals surface area contributed by atoms with Gasteiger partial charge in [0.1, 0.15) is 18.4 Å². The van der Waals surface area contributed by atoms with Crippen LogP contribution in [0.4, 0.5) is 11.5 Å². The molecular formula is C31H24N6O3. The van der Waals surface area contributed by atoms with Gasteiger partial charge in [-0.3, -0.25) is 14.2 Å². The fourth-order valence-electron chi connectivity index (χ4n) is 4.60. The van der Waals surface area contributed by atoms with E-state index in [1.54, 1.807) is 47.3 Å². The van der Waals surface area contributed by atoms with Crippen molar-refractivity contribution in [2.75, 3.05) is 10.6 Å². The van der Waals surface area contributed by atoms with E-state index in [1.165, 1.54) is 6.33 Å². The molecule has 0 aliphatic heterocycles. The van der Waals surface area contributed by atoms with Gasteiger partial charge in [0.15, 0.2) is 17.0 Å². The molecule has 0 aliphatic rings. The third-order valence-corrected chi connectivity index (χ3v) is 6.77. The lowest BCUT2D eigenvalue weighted by molar-refractivity contribution is 0.101. The van der Waals surface area contributed by atoms with E-state index in [2.05, 4.69) is 25.6 Å². The maximum absolute atomic E-state index is 13.4. The number of para-hydroxylation sites is 1. The molecule has 0 aliphatic carbocycles. The first kappa shape index (κ1) is 24.7. The zero-order valence-corrected chi connectivity index (χ0v) is 21.7. The molecule has 2 amide bonds. The van der Waals surface area contributed by atoms with Crippen molar-refractivity contribution in [3.05, 3.63) is 114 Å². The number of benzene rings is 4. The minimum absolute atomic E-state index is 0.0979. The Morgan fingerprint density at radius 3 is 2.30 bits per heavy atom. The Bertz CT molecular complexity index is 1930. The van der Waals surface area contributed by atoms with Crippen LogP contribution in [0.25, 0.3) is 27.6 Å². The van der Waals surface area contributed by atoms with Crippen LogP contribution in [0, 0.1) is 13.8 Å². The van der Waals surface area contributed by atoms with Gasteiger partial charge >= 0.3 is 0 Å². The van der Waals surface area contributed by atoms with E-state index in [9.17, 15) is 14.7 Å². The second-order valence-corrected chi connectivity index (χ2v) is 9.44. The van der Waals surface area contributed by atoms with Crippen molar-refractivity contribution >= 4 is 45.3 Å². The van der Waals surface area contributed by atoms with E-state index in [0.717, 1.165) is 11.1 Å². The first-order valence-electron chi connectivity index (χ1n) is 12.6. The monoisotopic (exact) mass is 528 g/mol. The van der Waals surface area contributed by atoms with Gasteiger partial charge in [0.05, 0.1) is 11.3 Å². The molecule has 0 atom stereocenters. The van der Waals surface area contributed by atoms with Crippen molar-refractivity contribution in [3.63, 3.8) is 0 Å². The molecular weight excluding hydrogens is 504 g/mol. The van der Waals surface area contributed by atoms with E-state index in [1.807, 2.05) is 56.3 Å². The van der Waals surface area contributed by atoms with E-state index >= 15 is 0 Å². The smallest absolute Gasteiger partial charge is 0.259 e. The number of carbonyl (C=O) groups is 2. The van der Waals surface area contributed by atoms with Gasteiger partial charge in [-0.2, -0.15) is 0 Å². The summed E-state index contributed by atoms with van der Waals surface area (Å²) in [5.74, 6) is -0.644. The quantitative estimate of drug-likeness (QED) is 0.260. The summed E-state index contributed by atoms with van der Waals surface area (Å²) < 4.78 is 1.71. The number of aromatic hydroxyl groups is 1. The summed E-state index contributed by atoms with van der Waals surface area (Å²) in [4.78, 5) is 39.4. The van der Waals surface area contributed by atoms with Crippen molar-refractivity contribution in [1.82, 2.24) is 19.5 Å². The largest absolute Gasteiger partial charge is 0.506 e. The lowest BCUT2D eigenvalue weighted by Gasteiger charge is -2.15. The van der Waals surface area contributed by atoms with Crippen LogP contribution in [0.1, 0.15) is 31.8 Å². The Morgan fingerprint density at radius 2 is 1.52 bits per heavy atom. The molecule has 0 spiro atoms. The van der Waals surface area contributed by atoms with Gasteiger partial charge in [-0.1, -0.05) is 60.2 Å². The second-order valence-electron chi connectivity index (χ2n) is 9.44. The molecule has 0 unspecified atom stereocenters. The van der Waals surface area contributed by atoms with E-state index in [-0.39, 0.29) is 23.0 Å². The van der Waals surface area contributed by atoms with Crippen LogP contribution >= 0.6 is 0 Å². The number of fused-ring (bicyclic) bond motifs is 2.